The van der Waals surface area contributed by atoms with E-state index in [0.717, 1.165) is 5.56 Å². The van der Waals surface area contributed by atoms with Crippen LogP contribution in [0.1, 0.15) is 12.0 Å². The lowest BCUT2D eigenvalue weighted by Gasteiger charge is -2.07. The predicted molar refractivity (Wildman–Crippen MR) is 50.6 cm³/mol. The molecule has 4 heteroatoms. The quantitative estimate of drug-likeness (QED) is 0.671. The largest absolute Gasteiger partial charge is 0.264 e. The molecule has 1 aromatic rings. The SMILES string of the molecule is N#CC1(Cl)CC1(Cl)c1cccnc1. The van der Waals surface area contributed by atoms with Crippen LogP contribution in [0, 0.1) is 11.3 Å². The van der Waals surface area contributed by atoms with Gasteiger partial charge in [-0.25, -0.2) is 0 Å². The molecule has 0 amide bonds. The molecule has 2 rings (SSSR count). The Morgan fingerprint density at radius 3 is 2.77 bits per heavy atom. The first kappa shape index (κ1) is 8.80. The molecule has 0 aromatic carbocycles. The minimum Gasteiger partial charge on any atom is -0.264 e. The average Bonchev–Trinajstić information content (AvgIpc) is 2.74. The molecular weight excluding hydrogens is 207 g/mol. The first-order chi connectivity index (χ1) is 6.12. The van der Waals surface area contributed by atoms with Gasteiger partial charge in [0.25, 0.3) is 0 Å². The lowest BCUT2D eigenvalue weighted by atomic mass is 10.1. The van der Waals surface area contributed by atoms with Gasteiger partial charge in [0.15, 0.2) is 4.87 Å². The van der Waals surface area contributed by atoms with Gasteiger partial charge in [-0.05, 0) is 11.6 Å². The molecule has 1 fully saturated rings. The van der Waals surface area contributed by atoms with Crippen molar-refractivity contribution in [2.45, 2.75) is 16.2 Å². The third kappa shape index (κ3) is 1.12. The summed E-state index contributed by atoms with van der Waals surface area (Å²) in [4.78, 5) is 2.25. The molecule has 2 atom stereocenters. The molecule has 2 unspecified atom stereocenters. The molecule has 0 radical (unpaired) electrons. The molecule has 1 aromatic heterocycles. The van der Waals surface area contributed by atoms with E-state index in [0.29, 0.717) is 6.42 Å². The van der Waals surface area contributed by atoms with Crippen molar-refractivity contribution < 1.29 is 0 Å². The fraction of sp³-hybridized carbons (Fsp3) is 0.333. The number of nitriles is 1. The molecule has 13 heavy (non-hydrogen) atoms. The van der Waals surface area contributed by atoms with E-state index < -0.39 is 9.75 Å². The van der Waals surface area contributed by atoms with Gasteiger partial charge in [0.1, 0.15) is 4.87 Å². The molecule has 1 saturated carbocycles. The molecular formula is C9H6Cl2N2. The number of aromatic nitrogens is 1. The van der Waals surface area contributed by atoms with Crippen LogP contribution in [-0.4, -0.2) is 9.86 Å². The van der Waals surface area contributed by atoms with Gasteiger partial charge in [0.2, 0.25) is 0 Å². The highest BCUT2D eigenvalue weighted by molar-refractivity contribution is 6.41. The number of hydrogen-bond acceptors (Lipinski definition) is 2. The summed E-state index contributed by atoms with van der Waals surface area (Å²) < 4.78 is 0. The number of alkyl halides is 2. The van der Waals surface area contributed by atoms with Crippen molar-refractivity contribution in [3.63, 3.8) is 0 Å². The highest BCUT2D eigenvalue weighted by Gasteiger charge is 2.68. The smallest absolute Gasteiger partial charge is 0.156 e. The van der Waals surface area contributed by atoms with Gasteiger partial charge in [-0.15, -0.1) is 23.2 Å². The van der Waals surface area contributed by atoms with E-state index in [2.05, 4.69) is 4.98 Å². The van der Waals surface area contributed by atoms with Crippen molar-refractivity contribution in [1.29, 1.82) is 5.26 Å². The standard InChI is InChI=1S/C9H6Cl2N2/c10-8(6-12)5-9(8,11)7-2-1-3-13-4-7/h1-4H,5H2. The summed E-state index contributed by atoms with van der Waals surface area (Å²) in [6.07, 6.45) is 3.79. The lowest BCUT2D eigenvalue weighted by Crippen LogP contribution is -2.10. The third-order valence-corrected chi connectivity index (χ3v) is 3.60. The fourth-order valence-electron chi connectivity index (χ4n) is 1.35. The molecule has 0 bridgehead atoms. The topological polar surface area (TPSA) is 36.7 Å². The maximum absolute atomic E-state index is 8.78. The van der Waals surface area contributed by atoms with Crippen LogP contribution >= 0.6 is 23.2 Å². The van der Waals surface area contributed by atoms with Crippen molar-refractivity contribution in [2.24, 2.45) is 0 Å². The van der Waals surface area contributed by atoms with E-state index in [4.69, 9.17) is 28.5 Å². The van der Waals surface area contributed by atoms with Crippen molar-refractivity contribution in [3.8, 4) is 6.07 Å². The molecule has 0 spiro atoms. The van der Waals surface area contributed by atoms with E-state index in [1.807, 2.05) is 12.1 Å². The summed E-state index contributed by atoms with van der Waals surface area (Å²) in [7, 11) is 0. The van der Waals surface area contributed by atoms with Gasteiger partial charge >= 0.3 is 0 Å². The molecule has 1 heterocycles. The molecule has 0 N–H and O–H groups in total. The van der Waals surface area contributed by atoms with Crippen LogP contribution in [0.15, 0.2) is 24.5 Å². The zero-order valence-electron chi connectivity index (χ0n) is 6.67. The van der Waals surface area contributed by atoms with Gasteiger partial charge < -0.3 is 0 Å². The van der Waals surface area contributed by atoms with Gasteiger partial charge in [-0.1, -0.05) is 6.07 Å². The lowest BCUT2D eigenvalue weighted by molar-refractivity contribution is 0.945. The van der Waals surface area contributed by atoms with E-state index >= 15 is 0 Å². The predicted octanol–water partition coefficient (Wildman–Crippen LogP) is 2.42. The zero-order valence-corrected chi connectivity index (χ0v) is 8.18. The summed E-state index contributed by atoms with van der Waals surface area (Å²) >= 11 is 12.1. The summed E-state index contributed by atoms with van der Waals surface area (Å²) in [6.45, 7) is 0. The summed E-state index contributed by atoms with van der Waals surface area (Å²) in [5, 5.41) is 8.78. The molecule has 1 aliphatic carbocycles. The molecule has 66 valence electrons. The number of halogens is 2. The van der Waals surface area contributed by atoms with Gasteiger partial charge in [0.05, 0.1) is 6.07 Å². The number of hydrogen-bond donors (Lipinski definition) is 0. The van der Waals surface area contributed by atoms with Crippen molar-refractivity contribution in [2.75, 3.05) is 0 Å². The van der Waals surface area contributed by atoms with E-state index in [9.17, 15) is 0 Å². The Kier molecular flexibility index (Phi) is 1.76. The molecule has 0 aliphatic heterocycles. The van der Waals surface area contributed by atoms with Crippen LogP contribution in [0.5, 0.6) is 0 Å². The van der Waals surface area contributed by atoms with Gasteiger partial charge in [-0.2, -0.15) is 5.26 Å². The fourth-order valence-corrected chi connectivity index (χ4v) is 2.08. The van der Waals surface area contributed by atoms with Crippen LogP contribution in [0.2, 0.25) is 0 Å². The van der Waals surface area contributed by atoms with E-state index in [-0.39, 0.29) is 0 Å². The normalized spacial score (nSPS) is 36.7. The minimum atomic E-state index is -0.947. The van der Waals surface area contributed by atoms with E-state index in [1.54, 1.807) is 18.5 Å². The summed E-state index contributed by atoms with van der Waals surface area (Å²) in [5.74, 6) is 0. The molecule has 0 saturated heterocycles. The molecule has 2 nitrogen and oxygen atoms in total. The van der Waals surface area contributed by atoms with Crippen molar-refractivity contribution in [3.05, 3.63) is 30.1 Å². The Morgan fingerprint density at radius 1 is 1.54 bits per heavy atom. The first-order valence-corrected chi connectivity index (χ1v) is 4.58. The number of pyridine rings is 1. The molecule has 1 aliphatic rings. The number of nitrogens with zero attached hydrogens (tertiary/aromatic N) is 2. The van der Waals surface area contributed by atoms with Crippen LogP contribution in [0.3, 0.4) is 0 Å². The summed E-state index contributed by atoms with van der Waals surface area (Å²) in [5.41, 5.74) is 0.813. The Hall–Kier alpha value is -0.780. The Labute approximate surface area is 86.1 Å². The van der Waals surface area contributed by atoms with Crippen LogP contribution in [0.4, 0.5) is 0 Å². The van der Waals surface area contributed by atoms with Crippen LogP contribution in [-0.2, 0) is 4.87 Å². The maximum atomic E-state index is 8.78. The first-order valence-electron chi connectivity index (χ1n) is 3.82. The third-order valence-electron chi connectivity index (χ3n) is 2.29. The zero-order chi connectivity index (χ0) is 9.53. The monoisotopic (exact) mass is 212 g/mol. The number of rotatable bonds is 1. The van der Waals surface area contributed by atoms with Crippen LogP contribution in [0.25, 0.3) is 0 Å². The average molecular weight is 213 g/mol. The highest BCUT2D eigenvalue weighted by Crippen LogP contribution is 2.64. The highest BCUT2D eigenvalue weighted by atomic mass is 35.5. The Morgan fingerprint density at radius 2 is 2.31 bits per heavy atom. The maximum Gasteiger partial charge on any atom is 0.156 e. The van der Waals surface area contributed by atoms with Gasteiger partial charge in [-0.3, -0.25) is 4.98 Å². The minimum absolute atomic E-state index is 0.477. The second-order valence-electron chi connectivity index (χ2n) is 3.13. The van der Waals surface area contributed by atoms with Crippen molar-refractivity contribution >= 4 is 23.2 Å². The Balaban J connectivity index is 2.37. The van der Waals surface area contributed by atoms with E-state index in [1.165, 1.54) is 0 Å². The van der Waals surface area contributed by atoms with Crippen molar-refractivity contribution in [1.82, 2.24) is 4.98 Å². The Bertz CT molecular complexity index is 373. The second kappa shape index (κ2) is 2.60. The summed E-state index contributed by atoms with van der Waals surface area (Å²) in [6, 6.07) is 5.63. The van der Waals surface area contributed by atoms with Crippen LogP contribution < -0.4 is 0 Å². The van der Waals surface area contributed by atoms with Gasteiger partial charge in [0, 0.05) is 18.8 Å². The second-order valence-corrected chi connectivity index (χ2v) is 4.42.